The van der Waals surface area contributed by atoms with Gasteiger partial charge in [-0.15, -0.1) is 0 Å². The number of carbonyl (C=O) groups excluding carboxylic acids is 1. The average molecular weight is 257 g/mol. The van der Waals surface area contributed by atoms with Gasteiger partial charge in [-0.25, -0.2) is 0 Å². The second-order valence-corrected chi connectivity index (χ2v) is 5.44. The highest BCUT2D eigenvalue weighted by Crippen LogP contribution is 2.29. The monoisotopic (exact) mass is 257 g/mol. The molecule has 1 aromatic rings. The highest BCUT2D eigenvalue weighted by Gasteiger charge is 2.38. The van der Waals surface area contributed by atoms with E-state index in [9.17, 15) is 4.79 Å². The number of rotatable bonds is 2. The van der Waals surface area contributed by atoms with Crippen LogP contribution in [-0.4, -0.2) is 24.0 Å². The topological polar surface area (TPSA) is 56.1 Å². The molecule has 1 amide bonds. The van der Waals surface area contributed by atoms with Gasteiger partial charge < -0.3 is 10.2 Å². The molecule has 0 aliphatic carbocycles. The summed E-state index contributed by atoms with van der Waals surface area (Å²) in [5.41, 5.74) is 0.638. The predicted octanol–water partition coefficient (Wildman–Crippen LogP) is 2.07. The molecule has 19 heavy (non-hydrogen) atoms. The second kappa shape index (κ2) is 5.41. The van der Waals surface area contributed by atoms with Crippen LogP contribution in [0.1, 0.15) is 26.7 Å². The van der Waals surface area contributed by atoms with Crippen molar-refractivity contribution in [1.82, 2.24) is 5.32 Å². The van der Waals surface area contributed by atoms with Gasteiger partial charge in [0.05, 0.1) is 12.5 Å². The van der Waals surface area contributed by atoms with E-state index in [1.54, 1.807) is 0 Å². The summed E-state index contributed by atoms with van der Waals surface area (Å²) in [5.74, 6) is -0.0183. The maximum Gasteiger partial charge on any atom is 0.245 e. The molecule has 1 atom stereocenters. The molecule has 1 saturated heterocycles. The Balaban J connectivity index is 2.39. The number of benzene rings is 1. The number of para-hydroxylation sites is 1. The quantitative estimate of drug-likeness (QED) is 0.882. The van der Waals surface area contributed by atoms with E-state index in [1.165, 1.54) is 0 Å². The highest BCUT2D eigenvalue weighted by atomic mass is 16.2. The Hall–Kier alpha value is -1.86. The Kier molecular flexibility index (Phi) is 3.87. The number of nitrogens with zero attached hydrogens (tertiary/aromatic N) is 2. The summed E-state index contributed by atoms with van der Waals surface area (Å²) in [5, 5.41) is 12.0. The molecule has 1 aromatic carbocycles. The fraction of sp³-hybridized carbons (Fsp3) is 0.467. The Morgan fingerprint density at radius 3 is 2.74 bits per heavy atom. The number of hydrogen-bond donors (Lipinski definition) is 1. The SMILES string of the molecule is CC1(C)CCNC(CC#N)C(=O)N1c1ccccc1. The summed E-state index contributed by atoms with van der Waals surface area (Å²) in [6.07, 6.45) is 1.06. The van der Waals surface area contributed by atoms with Gasteiger partial charge in [-0.05, 0) is 38.9 Å². The van der Waals surface area contributed by atoms with E-state index in [-0.39, 0.29) is 17.9 Å². The van der Waals surface area contributed by atoms with Crippen LogP contribution in [-0.2, 0) is 4.79 Å². The van der Waals surface area contributed by atoms with Crippen LogP contribution in [0.25, 0.3) is 0 Å². The van der Waals surface area contributed by atoms with Gasteiger partial charge in [0.1, 0.15) is 6.04 Å². The Bertz CT molecular complexity index is 490. The molecule has 4 heteroatoms. The molecule has 4 nitrogen and oxygen atoms in total. The normalized spacial score (nSPS) is 22.7. The lowest BCUT2D eigenvalue weighted by molar-refractivity contribution is -0.121. The molecule has 0 bridgehead atoms. The summed E-state index contributed by atoms with van der Waals surface area (Å²) < 4.78 is 0. The standard InChI is InChI=1S/C15H19N3O/c1-15(2)9-11-17-13(8-10-16)14(19)18(15)12-6-4-3-5-7-12/h3-7,13,17H,8-9,11H2,1-2H3. The van der Waals surface area contributed by atoms with Gasteiger partial charge in [0, 0.05) is 11.2 Å². The number of carbonyl (C=O) groups is 1. The van der Waals surface area contributed by atoms with Crippen molar-refractivity contribution in [2.75, 3.05) is 11.4 Å². The third-order valence-electron chi connectivity index (χ3n) is 3.56. The lowest BCUT2D eigenvalue weighted by Gasteiger charge is -2.37. The van der Waals surface area contributed by atoms with Crippen molar-refractivity contribution < 1.29 is 4.79 Å². The number of nitriles is 1. The van der Waals surface area contributed by atoms with E-state index >= 15 is 0 Å². The summed E-state index contributed by atoms with van der Waals surface area (Å²) in [6, 6.07) is 11.3. The van der Waals surface area contributed by atoms with Gasteiger partial charge in [0.25, 0.3) is 0 Å². The Labute approximate surface area is 114 Å². The van der Waals surface area contributed by atoms with Crippen LogP contribution in [0.4, 0.5) is 5.69 Å². The first kappa shape index (κ1) is 13.6. The molecular formula is C15H19N3O. The van der Waals surface area contributed by atoms with E-state index in [4.69, 9.17) is 5.26 Å². The average Bonchev–Trinajstić information content (AvgIpc) is 2.48. The summed E-state index contributed by atoms with van der Waals surface area (Å²) >= 11 is 0. The van der Waals surface area contributed by atoms with E-state index in [2.05, 4.69) is 25.2 Å². The van der Waals surface area contributed by atoms with Gasteiger partial charge in [-0.1, -0.05) is 18.2 Å². The summed E-state index contributed by atoms with van der Waals surface area (Å²) in [4.78, 5) is 14.5. The van der Waals surface area contributed by atoms with Crippen LogP contribution < -0.4 is 10.2 Å². The summed E-state index contributed by atoms with van der Waals surface area (Å²) in [6.45, 7) is 4.87. The van der Waals surface area contributed by atoms with Crippen molar-refractivity contribution in [3.05, 3.63) is 30.3 Å². The fourth-order valence-electron chi connectivity index (χ4n) is 2.51. The highest BCUT2D eigenvalue weighted by molar-refractivity contribution is 5.98. The first-order chi connectivity index (χ1) is 9.06. The second-order valence-electron chi connectivity index (χ2n) is 5.44. The molecule has 1 heterocycles. The molecule has 1 aliphatic heterocycles. The van der Waals surface area contributed by atoms with Gasteiger partial charge >= 0.3 is 0 Å². The molecule has 100 valence electrons. The number of nitrogens with one attached hydrogen (secondary N) is 1. The Morgan fingerprint density at radius 1 is 1.42 bits per heavy atom. The minimum absolute atomic E-state index is 0.0183. The molecule has 1 unspecified atom stereocenters. The molecule has 2 rings (SSSR count). The van der Waals surface area contributed by atoms with E-state index in [0.29, 0.717) is 0 Å². The maximum atomic E-state index is 12.7. The molecular weight excluding hydrogens is 238 g/mol. The number of amides is 1. The lowest BCUT2D eigenvalue weighted by Crippen LogP contribution is -2.51. The van der Waals surface area contributed by atoms with Crippen LogP contribution >= 0.6 is 0 Å². The first-order valence-electron chi connectivity index (χ1n) is 6.56. The summed E-state index contributed by atoms with van der Waals surface area (Å²) in [7, 11) is 0. The van der Waals surface area contributed by atoms with Crippen molar-refractivity contribution in [2.45, 2.75) is 38.3 Å². The molecule has 0 spiro atoms. The molecule has 1 N–H and O–H groups in total. The minimum atomic E-state index is -0.410. The van der Waals surface area contributed by atoms with Gasteiger partial charge in [-0.2, -0.15) is 5.26 Å². The van der Waals surface area contributed by atoms with Crippen molar-refractivity contribution in [3.63, 3.8) is 0 Å². The number of anilines is 1. The van der Waals surface area contributed by atoms with Gasteiger partial charge in [0.15, 0.2) is 0 Å². The van der Waals surface area contributed by atoms with Crippen molar-refractivity contribution in [3.8, 4) is 6.07 Å². The third-order valence-corrected chi connectivity index (χ3v) is 3.56. The number of hydrogen-bond acceptors (Lipinski definition) is 3. The van der Waals surface area contributed by atoms with Crippen molar-refractivity contribution >= 4 is 11.6 Å². The zero-order valence-corrected chi connectivity index (χ0v) is 11.4. The zero-order valence-electron chi connectivity index (χ0n) is 11.4. The van der Waals surface area contributed by atoms with Crippen LogP contribution in [0.3, 0.4) is 0 Å². The van der Waals surface area contributed by atoms with Gasteiger partial charge in [-0.3, -0.25) is 4.79 Å². The molecule has 0 aromatic heterocycles. The third kappa shape index (κ3) is 2.77. The van der Waals surface area contributed by atoms with Crippen LogP contribution in [0.2, 0.25) is 0 Å². The van der Waals surface area contributed by atoms with Crippen molar-refractivity contribution in [1.29, 1.82) is 5.26 Å². The van der Waals surface area contributed by atoms with E-state index in [1.807, 2.05) is 35.2 Å². The van der Waals surface area contributed by atoms with Crippen LogP contribution in [0.15, 0.2) is 30.3 Å². The molecule has 1 fully saturated rings. The molecule has 0 saturated carbocycles. The lowest BCUT2D eigenvalue weighted by atomic mass is 9.97. The first-order valence-corrected chi connectivity index (χ1v) is 6.56. The van der Waals surface area contributed by atoms with Crippen molar-refractivity contribution in [2.24, 2.45) is 0 Å². The largest absolute Gasteiger partial charge is 0.305 e. The molecule has 0 radical (unpaired) electrons. The maximum absolute atomic E-state index is 12.7. The fourth-order valence-corrected chi connectivity index (χ4v) is 2.51. The van der Waals surface area contributed by atoms with E-state index in [0.717, 1.165) is 18.7 Å². The van der Waals surface area contributed by atoms with Gasteiger partial charge in [0.2, 0.25) is 5.91 Å². The zero-order chi connectivity index (χ0) is 13.9. The van der Waals surface area contributed by atoms with E-state index < -0.39 is 6.04 Å². The Morgan fingerprint density at radius 2 is 2.11 bits per heavy atom. The predicted molar refractivity (Wildman–Crippen MR) is 74.6 cm³/mol. The van der Waals surface area contributed by atoms with Crippen LogP contribution in [0, 0.1) is 11.3 Å². The minimum Gasteiger partial charge on any atom is -0.305 e. The molecule has 1 aliphatic rings. The smallest absolute Gasteiger partial charge is 0.245 e. The van der Waals surface area contributed by atoms with Crippen LogP contribution in [0.5, 0.6) is 0 Å².